The second-order valence-electron chi connectivity index (χ2n) is 4.78. The van der Waals surface area contributed by atoms with E-state index in [2.05, 4.69) is 12.2 Å². The molecule has 3 nitrogen and oxygen atoms in total. The van der Waals surface area contributed by atoms with Crippen molar-refractivity contribution in [3.63, 3.8) is 0 Å². The summed E-state index contributed by atoms with van der Waals surface area (Å²) in [6.07, 6.45) is 4.50. The lowest BCUT2D eigenvalue weighted by atomic mass is 9.72. The summed E-state index contributed by atoms with van der Waals surface area (Å²) < 4.78 is 5.14. The maximum Gasteiger partial charge on any atom is 0.169 e. The lowest BCUT2D eigenvalue weighted by Crippen LogP contribution is -2.43. The SMILES string of the molecule is O=C1C2O[C@H]2C(=O)C2[C@@H]1C1C=C[C@@H]2C1. The van der Waals surface area contributed by atoms with Crippen LogP contribution in [-0.4, -0.2) is 23.8 Å². The van der Waals surface area contributed by atoms with Crippen molar-refractivity contribution in [3.8, 4) is 0 Å². The lowest BCUT2D eigenvalue weighted by Gasteiger charge is -2.27. The molecule has 6 atom stereocenters. The van der Waals surface area contributed by atoms with E-state index < -0.39 is 0 Å². The molecule has 4 rings (SSSR count). The first-order chi connectivity index (χ1) is 6.77. The number of hydrogen-bond donors (Lipinski definition) is 0. The van der Waals surface area contributed by atoms with Crippen LogP contribution in [-0.2, 0) is 14.3 Å². The predicted molar refractivity (Wildman–Crippen MR) is 46.4 cm³/mol. The minimum Gasteiger partial charge on any atom is -0.353 e. The van der Waals surface area contributed by atoms with E-state index >= 15 is 0 Å². The van der Waals surface area contributed by atoms with Gasteiger partial charge in [-0.25, -0.2) is 0 Å². The largest absolute Gasteiger partial charge is 0.353 e. The van der Waals surface area contributed by atoms with E-state index in [1.54, 1.807) is 0 Å². The standard InChI is InChI=1S/C11H10O3/c12-8-6-4-1-2-5(3-4)7(6)9(13)11-10(8)14-11/h1-2,4-7,10-11H,3H2/t4-,5?,6?,7+,10+,11?/m1/s1. The Morgan fingerprint density at radius 3 is 2.00 bits per heavy atom. The summed E-state index contributed by atoms with van der Waals surface area (Å²) in [5.74, 6) is 0.952. The Kier molecular flexibility index (Phi) is 1.05. The number of ketones is 2. The van der Waals surface area contributed by atoms with Crippen LogP contribution in [0.25, 0.3) is 0 Å². The molecular weight excluding hydrogens is 180 g/mol. The molecule has 0 aromatic heterocycles. The summed E-state index contributed by atoms with van der Waals surface area (Å²) >= 11 is 0. The summed E-state index contributed by atoms with van der Waals surface area (Å²) in [4.78, 5) is 23.7. The van der Waals surface area contributed by atoms with E-state index in [9.17, 15) is 9.59 Å². The summed E-state index contributed by atoms with van der Waals surface area (Å²) in [6, 6.07) is 0. The normalized spacial score (nSPS) is 57.4. The first kappa shape index (κ1) is 7.35. The number of carbonyl (C=O) groups is 2. The molecule has 0 N–H and O–H groups in total. The number of carbonyl (C=O) groups excluding carboxylic acids is 2. The van der Waals surface area contributed by atoms with Crippen molar-refractivity contribution >= 4 is 11.6 Å². The number of hydrogen-bond acceptors (Lipinski definition) is 3. The van der Waals surface area contributed by atoms with Crippen LogP contribution in [0.15, 0.2) is 12.2 Å². The van der Waals surface area contributed by atoms with E-state index in [1.165, 1.54) is 0 Å². The van der Waals surface area contributed by atoms with Gasteiger partial charge in [0.15, 0.2) is 23.8 Å². The van der Waals surface area contributed by atoms with Gasteiger partial charge >= 0.3 is 0 Å². The Hall–Kier alpha value is -0.960. The fourth-order valence-electron chi connectivity index (χ4n) is 3.52. The summed E-state index contributed by atoms with van der Waals surface area (Å²) in [7, 11) is 0. The third-order valence-corrected chi connectivity index (χ3v) is 4.17. The van der Waals surface area contributed by atoms with Gasteiger partial charge in [-0.2, -0.15) is 0 Å². The van der Waals surface area contributed by atoms with Crippen LogP contribution < -0.4 is 0 Å². The van der Waals surface area contributed by atoms with Crippen molar-refractivity contribution in [1.29, 1.82) is 0 Å². The molecule has 0 aromatic carbocycles. The Morgan fingerprint density at radius 2 is 1.50 bits per heavy atom. The molecule has 3 unspecified atom stereocenters. The molecule has 72 valence electrons. The lowest BCUT2D eigenvalue weighted by molar-refractivity contribution is -0.135. The first-order valence-corrected chi connectivity index (χ1v) is 5.18. The zero-order chi connectivity index (χ0) is 9.45. The molecule has 3 heteroatoms. The highest BCUT2D eigenvalue weighted by Crippen LogP contribution is 2.54. The van der Waals surface area contributed by atoms with Crippen LogP contribution in [0.4, 0.5) is 0 Å². The molecular formula is C11H10O3. The molecule has 0 radical (unpaired) electrons. The highest BCUT2D eigenvalue weighted by Gasteiger charge is 2.66. The van der Waals surface area contributed by atoms with Gasteiger partial charge in [-0.3, -0.25) is 9.59 Å². The third kappa shape index (κ3) is 0.630. The smallest absolute Gasteiger partial charge is 0.169 e. The average Bonchev–Trinajstić information content (AvgIpc) is 2.74. The molecule has 0 amide bonds. The number of fused-ring (bicyclic) bond motifs is 6. The fraction of sp³-hybridized carbons (Fsp3) is 0.636. The van der Waals surface area contributed by atoms with Gasteiger partial charge in [0.25, 0.3) is 0 Å². The Morgan fingerprint density at radius 1 is 1.00 bits per heavy atom. The molecule has 1 aliphatic heterocycles. The van der Waals surface area contributed by atoms with Crippen molar-refractivity contribution < 1.29 is 14.3 Å². The zero-order valence-corrected chi connectivity index (χ0v) is 7.55. The maximum absolute atomic E-state index is 11.9. The quantitative estimate of drug-likeness (QED) is 0.409. The van der Waals surface area contributed by atoms with Crippen molar-refractivity contribution in [2.45, 2.75) is 18.6 Å². The molecule has 3 fully saturated rings. The van der Waals surface area contributed by atoms with Crippen molar-refractivity contribution in [2.75, 3.05) is 0 Å². The number of rotatable bonds is 0. The van der Waals surface area contributed by atoms with E-state index in [-0.39, 0.29) is 35.6 Å². The second kappa shape index (κ2) is 2.01. The zero-order valence-electron chi connectivity index (χ0n) is 7.55. The molecule has 2 bridgehead atoms. The minimum absolute atomic E-state index is 0.0405. The van der Waals surface area contributed by atoms with Gasteiger partial charge in [0.05, 0.1) is 0 Å². The molecule has 4 aliphatic rings. The topological polar surface area (TPSA) is 46.7 Å². The highest BCUT2D eigenvalue weighted by molar-refractivity contribution is 6.06. The van der Waals surface area contributed by atoms with E-state index in [0.29, 0.717) is 11.8 Å². The molecule has 2 saturated carbocycles. The number of ether oxygens (including phenoxy) is 1. The van der Waals surface area contributed by atoms with Crippen LogP contribution >= 0.6 is 0 Å². The summed E-state index contributed by atoms with van der Waals surface area (Å²) in [5, 5.41) is 0. The van der Waals surface area contributed by atoms with Gasteiger partial charge in [0, 0.05) is 11.8 Å². The average molecular weight is 190 g/mol. The van der Waals surface area contributed by atoms with Crippen LogP contribution in [0.5, 0.6) is 0 Å². The number of epoxide rings is 1. The minimum atomic E-state index is -0.364. The second-order valence-corrected chi connectivity index (χ2v) is 4.78. The fourth-order valence-corrected chi connectivity index (χ4v) is 3.52. The molecule has 3 aliphatic carbocycles. The van der Waals surface area contributed by atoms with Crippen molar-refractivity contribution in [3.05, 3.63) is 12.2 Å². The monoisotopic (exact) mass is 190 g/mol. The first-order valence-electron chi connectivity index (χ1n) is 5.18. The van der Waals surface area contributed by atoms with Crippen molar-refractivity contribution in [1.82, 2.24) is 0 Å². The number of allylic oxidation sites excluding steroid dienone is 2. The summed E-state index contributed by atoms with van der Waals surface area (Å²) in [6.45, 7) is 0. The maximum atomic E-state index is 11.9. The Labute approximate surface area is 81.1 Å². The predicted octanol–water partition coefficient (Wildman–Crippen LogP) is 0.344. The van der Waals surface area contributed by atoms with E-state index in [0.717, 1.165) is 6.42 Å². The molecule has 1 heterocycles. The van der Waals surface area contributed by atoms with Crippen LogP contribution in [0.2, 0.25) is 0 Å². The molecule has 1 saturated heterocycles. The van der Waals surface area contributed by atoms with Gasteiger partial charge in [0.2, 0.25) is 0 Å². The van der Waals surface area contributed by atoms with Gasteiger partial charge in [-0.05, 0) is 18.3 Å². The number of Topliss-reactive ketones (excluding diaryl/α,β-unsaturated/α-hetero) is 2. The van der Waals surface area contributed by atoms with Gasteiger partial charge in [0.1, 0.15) is 0 Å². The van der Waals surface area contributed by atoms with Gasteiger partial charge in [-0.15, -0.1) is 0 Å². The summed E-state index contributed by atoms with van der Waals surface area (Å²) in [5.41, 5.74) is 0. The Bertz CT molecular complexity index is 350. The molecule has 0 spiro atoms. The Balaban J connectivity index is 1.84. The molecule has 14 heavy (non-hydrogen) atoms. The van der Waals surface area contributed by atoms with Gasteiger partial charge in [-0.1, -0.05) is 12.2 Å². The van der Waals surface area contributed by atoms with E-state index in [1.807, 2.05) is 0 Å². The van der Waals surface area contributed by atoms with E-state index in [4.69, 9.17) is 4.74 Å². The van der Waals surface area contributed by atoms with Crippen LogP contribution in [0.1, 0.15) is 6.42 Å². The van der Waals surface area contributed by atoms with Crippen molar-refractivity contribution in [2.24, 2.45) is 23.7 Å². The van der Waals surface area contributed by atoms with Crippen LogP contribution in [0, 0.1) is 23.7 Å². The molecule has 0 aromatic rings. The third-order valence-electron chi connectivity index (χ3n) is 4.17. The van der Waals surface area contributed by atoms with Gasteiger partial charge < -0.3 is 4.74 Å². The van der Waals surface area contributed by atoms with Crippen LogP contribution in [0.3, 0.4) is 0 Å². The highest BCUT2D eigenvalue weighted by atomic mass is 16.6.